The van der Waals surface area contributed by atoms with E-state index in [9.17, 15) is 4.79 Å². The number of nitrogens with zero attached hydrogens (tertiary/aromatic N) is 1. The summed E-state index contributed by atoms with van der Waals surface area (Å²) in [6.07, 6.45) is 1.86. The van der Waals surface area contributed by atoms with E-state index in [2.05, 4.69) is 33.4 Å². The molecule has 0 aromatic heterocycles. The average Bonchev–Trinajstić information content (AvgIpc) is 2.38. The molecule has 3 nitrogen and oxygen atoms in total. The Morgan fingerprint density at radius 3 is 2.79 bits per heavy atom. The number of hydrogen-bond donors (Lipinski definition) is 1. The van der Waals surface area contributed by atoms with Crippen molar-refractivity contribution < 1.29 is 4.79 Å². The molecule has 1 N–H and O–H groups in total. The molecule has 0 aliphatic heterocycles. The van der Waals surface area contributed by atoms with Crippen LogP contribution < -0.4 is 5.32 Å². The zero-order valence-corrected chi connectivity index (χ0v) is 13.3. The predicted octanol–water partition coefficient (Wildman–Crippen LogP) is 3.14. The molecule has 0 aliphatic rings. The van der Waals surface area contributed by atoms with Gasteiger partial charge in [0.05, 0.1) is 17.6 Å². The van der Waals surface area contributed by atoms with Crippen LogP contribution in [-0.2, 0) is 11.2 Å². The smallest absolute Gasteiger partial charge is 0.230 e. The van der Waals surface area contributed by atoms with E-state index >= 15 is 0 Å². The summed E-state index contributed by atoms with van der Waals surface area (Å²) in [6, 6.07) is 10.4. The first-order valence-corrected chi connectivity index (χ1v) is 8.05. The number of thioether (sulfide) groups is 1. The zero-order chi connectivity index (χ0) is 14.1. The molecule has 0 saturated carbocycles. The number of halogens is 1. The van der Waals surface area contributed by atoms with Crippen LogP contribution in [0.15, 0.2) is 28.7 Å². The van der Waals surface area contributed by atoms with Crippen molar-refractivity contribution in [2.24, 2.45) is 0 Å². The first kappa shape index (κ1) is 16.1. The van der Waals surface area contributed by atoms with Crippen LogP contribution in [0.5, 0.6) is 0 Å². The van der Waals surface area contributed by atoms with Crippen molar-refractivity contribution in [3.8, 4) is 6.07 Å². The number of carbonyl (C=O) groups excluding carboxylic acids is 1. The summed E-state index contributed by atoms with van der Waals surface area (Å²) < 4.78 is 1.08. The van der Waals surface area contributed by atoms with Crippen molar-refractivity contribution in [2.45, 2.75) is 25.8 Å². The van der Waals surface area contributed by atoms with E-state index in [-0.39, 0.29) is 11.9 Å². The molecule has 0 spiro atoms. The predicted molar refractivity (Wildman–Crippen MR) is 83.0 cm³/mol. The number of aryl methyl sites for hydroxylation is 1. The summed E-state index contributed by atoms with van der Waals surface area (Å²) in [5.41, 5.74) is 1.27. The molecule has 5 heteroatoms. The Bertz CT molecular complexity index is 442. The van der Waals surface area contributed by atoms with E-state index in [0.717, 1.165) is 17.3 Å². The Labute approximate surface area is 126 Å². The van der Waals surface area contributed by atoms with Gasteiger partial charge in [0.15, 0.2) is 0 Å². The molecule has 0 fully saturated rings. The van der Waals surface area contributed by atoms with E-state index in [4.69, 9.17) is 5.26 Å². The summed E-state index contributed by atoms with van der Waals surface area (Å²) >= 11 is 4.75. The van der Waals surface area contributed by atoms with Gasteiger partial charge in [-0.25, -0.2) is 0 Å². The topological polar surface area (TPSA) is 52.9 Å². The van der Waals surface area contributed by atoms with Gasteiger partial charge in [0.2, 0.25) is 5.91 Å². The number of benzene rings is 1. The van der Waals surface area contributed by atoms with Gasteiger partial charge < -0.3 is 5.32 Å². The molecule has 0 saturated heterocycles. The highest BCUT2D eigenvalue weighted by molar-refractivity contribution is 9.10. The Kier molecular flexibility index (Phi) is 7.61. The molecule has 1 aromatic carbocycles. The molecule has 1 aromatic rings. The van der Waals surface area contributed by atoms with Crippen LogP contribution in [0.4, 0.5) is 0 Å². The second-order valence-electron chi connectivity index (χ2n) is 4.28. The fraction of sp³-hybridized carbons (Fsp3) is 0.429. The van der Waals surface area contributed by atoms with Gasteiger partial charge in [0.25, 0.3) is 0 Å². The van der Waals surface area contributed by atoms with Crippen molar-refractivity contribution in [3.63, 3.8) is 0 Å². The summed E-state index contributed by atoms with van der Waals surface area (Å²) in [5, 5.41) is 11.3. The summed E-state index contributed by atoms with van der Waals surface area (Å²) in [7, 11) is 0. The van der Waals surface area contributed by atoms with Crippen molar-refractivity contribution in [1.82, 2.24) is 5.32 Å². The second-order valence-corrected chi connectivity index (χ2v) is 6.19. The normalized spacial score (nSPS) is 11.6. The fourth-order valence-electron chi connectivity index (χ4n) is 1.61. The molecule has 0 unspecified atom stereocenters. The van der Waals surface area contributed by atoms with Crippen LogP contribution in [-0.4, -0.2) is 23.5 Å². The van der Waals surface area contributed by atoms with Gasteiger partial charge in [-0.05, 0) is 37.5 Å². The molecular weight excluding hydrogens is 324 g/mol. The maximum atomic E-state index is 11.5. The lowest BCUT2D eigenvalue weighted by Crippen LogP contribution is -2.34. The SMILES string of the molecule is C[C@H](CCc1ccc(Br)cc1)NC(=O)CSCC#N. The largest absolute Gasteiger partial charge is 0.353 e. The van der Waals surface area contributed by atoms with E-state index in [1.54, 1.807) is 0 Å². The van der Waals surface area contributed by atoms with Crippen LogP contribution in [0.3, 0.4) is 0 Å². The summed E-state index contributed by atoms with van der Waals surface area (Å²) in [5.74, 6) is 0.722. The van der Waals surface area contributed by atoms with E-state index in [1.165, 1.54) is 17.3 Å². The van der Waals surface area contributed by atoms with Gasteiger partial charge in [-0.2, -0.15) is 5.26 Å². The van der Waals surface area contributed by atoms with Gasteiger partial charge in [0, 0.05) is 10.5 Å². The van der Waals surface area contributed by atoms with Crippen LogP contribution in [0.2, 0.25) is 0 Å². The lowest BCUT2D eigenvalue weighted by atomic mass is 10.1. The minimum atomic E-state index is 0.00329. The van der Waals surface area contributed by atoms with E-state index in [1.807, 2.05) is 25.1 Å². The molecule has 0 aliphatic carbocycles. The molecule has 1 amide bonds. The molecule has 19 heavy (non-hydrogen) atoms. The molecule has 0 heterocycles. The van der Waals surface area contributed by atoms with Crippen molar-refractivity contribution in [1.29, 1.82) is 5.26 Å². The fourth-order valence-corrected chi connectivity index (χ4v) is 2.34. The molecule has 102 valence electrons. The second kappa shape index (κ2) is 9.00. The maximum absolute atomic E-state index is 11.5. The Morgan fingerprint density at radius 2 is 2.16 bits per heavy atom. The highest BCUT2D eigenvalue weighted by Gasteiger charge is 2.07. The van der Waals surface area contributed by atoms with Crippen molar-refractivity contribution >= 4 is 33.6 Å². The minimum Gasteiger partial charge on any atom is -0.353 e. The average molecular weight is 341 g/mol. The van der Waals surface area contributed by atoms with Gasteiger partial charge in [-0.15, -0.1) is 11.8 Å². The molecule has 0 bridgehead atoms. The monoisotopic (exact) mass is 340 g/mol. The molecule has 1 rings (SSSR count). The Balaban J connectivity index is 2.24. The minimum absolute atomic E-state index is 0.00329. The number of hydrogen-bond acceptors (Lipinski definition) is 3. The first-order chi connectivity index (χ1) is 9.11. The molecule has 1 atom stereocenters. The van der Waals surface area contributed by atoms with Gasteiger partial charge in [-0.1, -0.05) is 28.1 Å². The standard InChI is InChI=1S/C14H17BrN2OS/c1-11(17-14(18)10-19-9-8-16)2-3-12-4-6-13(15)7-5-12/h4-7,11H,2-3,9-10H2,1H3,(H,17,18)/t11-/m1/s1. The summed E-state index contributed by atoms with van der Waals surface area (Å²) in [4.78, 5) is 11.5. The van der Waals surface area contributed by atoms with Crippen LogP contribution in [0, 0.1) is 11.3 Å². The maximum Gasteiger partial charge on any atom is 0.230 e. The van der Waals surface area contributed by atoms with Gasteiger partial charge in [0.1, 0.15) is 0 Å². The number of rotatable bonds is 7. The van der Waals surface area contributed by atoms with Gasteiger partial charge in [-0.3, -0.25) is 4.79 Å². The number of amides is 1. The highest BCUT2D eigenvalue weighted by atomic mass is 79.9. The van der Waals surface area contributed by atoms with E-state index in [0.29, 0.717) is 11.5 Å². The number of nitrogens with one attached hydrogen (secondary N) is 1. The van der Waals surface area contributed by atoms with Crippen LogP contribution >= 0.6 is 27.7 Å². The van der Waals surface area contributed by atoms with Crippen molar-refractivity contribution in [2.75, 3.05) is 11.5 Å². The third kappa shape index (κ3) is 7.24. The van der Waals surface area contributed by atoms with Gasteiger partial charge >= 0.3 is 0 Å². The summed E-state index contributed by atoms with van der Waals surface area (Å²) in [6.45, 7) is 2.01. The Morgan fingerprint density at radius 1 is 1.47 bits per heavy atom. The highest BCUT2D eigenvalue weighted by Crippen LogP contribution is 2.12. The lowest BCUT2D eigenvalue weighted by Gasteiger charge is -2.13. The lowest BCUT2D eigenvalue weighted by molar-refractivity contribution is -0.119. The molecular formula is C14H17BrN2OS. The number of carbonyl (C=O) groups is 1. The quantitative estimate of drug-likeness (QED) is 0.775. The Hall–Kier alpha value is -0.990. The third-order valence-corrected chi connectivity index (χ3v) is 3.91. The third-order valence-electron chi connectivity index (χ3n) is 2.59. The zero-order valence-electron chi connectivity index (χ0n) is 10.9. The van der Waals surface area contributed by atoms with Crippen LogP contribution in [0.25, 0.3) is 0 Å². The molecule has 0 radical (unpaired) electrons. The van der Waals surface area contributed by atoms with E-state index < -0.39 is 0 Å². The van der Waals surface area contributed by atoms with Crippen LogP contribution in [0.1, 0.15) is 18.9 Å². The first-order valence-electron chi connectivity index (χ1n) is 6.10. The van der Waals surface area contributed by atoms with Crippen molar-refractivity contribution in [3.05, 3.63) is 34.3 Å². The number of nitriles is 1.